The molecule has 8 heteroatoms. The Morgan fingerprint density at radius 3 is 1.21 bits per heavy atom. The molecule has 0 heterocycles. The molecule has 4 N–H and O–H groups in total. The lowest BCUT2D eigenvalue weighted by atomic mass is 9.84. The first kappa shape index (κ1) is 20.0. The quantitative estimate of drug-likeness (QED) is 0.534. The highest BCUT2D eigenvalue weighted by atomic mass is 16.6. The number of esters is 2. The average Bonchev–Trinajstić information content (AvgIpc) is 2.74. The van der Waals surface area contributed by atoms with Crippen molar-refractivity contribution >= 4 is 11.9 Å². The molecule has 2 aromatic carbocycles. The summed E-state index contributed by atoms with van der Waals surface area (Å²) in [6.45, 7) is 0. The van der Waals surface area contributed by atoms with E-state index in [0.29, 0.717) is 0 Å². The Bertz CT molecular complexity index is 740. The van der Waals surface area contributed by atoms with E-state index in [-0.39, 0.29) is 11.1 Å². The molecule has 0 aromatic heterocycles. The first-order chi connectivity index (χ1) is 13.4. The zero-order valence-electron chi connectivity index (χ0n) is 14.7. The first-order valence-corrected chi connectivity index (χ1v) is 8.64. The number of hydrogen-bond acceptors (Lipinski definition) is 8. The molecule has 148 valence electrons. The SMILES string of the molecule is O=C(O[C@@H]1[C@@H](O)[C@H](O)[C@H](O)[C@H](O)[C@H]1OC(=O)c1ccccc1)c1ccccc1. The third-order valence-electron chi connectivity index (χ3n) is 4.55. The van der Waals surface area contributed by atoms with E-state index in [1.54, 1.807) is 36.4 Å². The molecule has 0 unspecified atom stereocenters. The summed E-state index contributed by atoms with van der Waals surface area (Å²) in [5, 5.41) is 40.5. The number of hydrogen-bond donors (Lipinski definition) is 4. The maximum atomic E-state index is 12.4. The highest BCUT2D eigenvalue weighted by Gasteiger charge is 2.53. The summed E-state index contributed by atoms with van der Waals surface area (Å²) in [5.41, 5.74) is 0.330. The van der Waals surface area contributed by atoms with Crippen molar-refractivity contribution in [2.45, 2.75) is 36.6 Å². The van der Waals surface area contributed by atoms with Crippen LogP contribution in [0, 0.1) is 0 Å². The molecule has 6 atom stereocenters. The van der Waals surface area contributed by atoms with Crippen LogP contribution in [0.4, 0.5) is 0 Å². The molecular formula is C20H20O8. The van der Waals surface area contributed by atoms with Crippen LogP contribution in [0.2, 0.25) is 0 Å². The number of ether oxygens (including phenoxy) is 2. The fourth-order valence-electron chi connectivity index (χ4n) is 2.99. The molecule has 1 aliphatic carbocycles. The van der Waals surface area contributed by atoms with Crippen molar-refractivity contribution in [3.63, 3.8) is 0 Å². The normalized spacial score (nSPS) is 29.7. The Labute approximate surface area is 160 Å². The van der Waals surface area contributed by atoms with Gasteiger partial charge in [-0.05, 0) is 24.3 Å². The highest BCUT2D eigenvalue weighted by molar-refractivity contribution is 5.90. The van der Waals surface area contributed by atoms with Crippen LogP contribution in [0.5, 0.6) is 0 Å². The molecule has 1 saturated carbocycles. The van der Waals surface area contributed by atoms with E-state index < -0.39 is 48.6 Å². The van der Waals surface area contributed by atoms with Crippen molar-refractivity contribution < 1.29 is 39.5 Å². The van der Waals surface area contributed by atoms with Crippen LogP contribution in [-0.2, 0) is 9.47 Å². The van der Waals surface area contributed by atoms with Gasteiger partial charge in [0.15, 0.2) is 12.2 Å². The Kier molecular flexibility index (Phi) is 6.05. The Morgan fingerprint density at radius 2 is 0.893 bits per heavy atom. The minimum absolute atomic E-state index is 0.165. The molecule has 0 spiro atoms. The monoisotopic (exact) mass is 388 g/mol. The zero-order valence-corrected chi connectivity index (χ0v) is 14.7. The Hall–Kier alpha value is -2.78. The molecule has 1 aliphatic rings. The van der Waals surface area contributed by atoms with Crippen LogP contribution < -0.4 is 0 Å². The molecule has 8 nitrogen and oxygen atoms in total. The fourth-order valence-corrected chi connectivity index (χ4v) is 2.99. The molecule has 2 aromatic rings. The molecule has 28 heavy (non-hydrogen) atoms. The van der Waals surface area contributed by atoms with Gasteiger partial charge in [-0.2, -0.15) is 0 Å². The summed E-state index contributed by atoms with van der Waals surface area (Å²) in [6, 6.07) is 15.7. The van der Waals surface area contributed by atoms with Crippen molar-refractivity contribution in [1.29, 1.82) is 0 Å². The van der Waals surface area contributed by atoms with Gasteiger partial charge in [-0.15, -0.1) is 0 Å². The molecule has 1 fully saturated rings. The van der Waals surface area contributed by atoms with Crippen LogP contribution in [0.1, 0.15) is 20.7 Å². The fraction of sp³-hybridized carbons (Fsp3) is 0.300. The van der Waals surface area contributed by atoms with Gasteiger partial charge in [0.2, 0.25) is 0 Å². The Balaban J connectivity index is 1.84. The lowest BCUT2D eigenvalue weighted by Crippen LogP contribution is -2.65. The van der Waals surface area contributed by atoms with Gasteiger partial charge in [-0.1, -0.05) is 36.4 Å². The highest BCUT2D eigenvalue weighted by Crippen LogP contribution is 2.28. The van der Waals surface area contributed by atoms with E-state index in [1.807, 2.05) is 0 Å². The lowest BCUT2D eigenvalue weighted by Gasteiger charge is -2.42. The van der Waals surface area contributed by atoms with Crippen molar-refractivity contribution in [3.8, 4) is 0 Å². The minimum atomic E-state index is -1.80. The van der Waals surface area contributed by atoms with E-state index >= 15 is 0 Å². The minimum Gasteiger partial charge on any atom is -0.452 e. The third kappa shape index (κ3) is 4.05. The van der Waals surface area contributed by atoms with Crippen molar-refractivity contribution in [2.75, 3.05) is 0 Å². The van der Waals surface area contributed by atoms with Crippen LogP contribution in [0.15, 0.2) is 60.7 Å². The summed E-state index contributed by atoms with van der Waals surface area (Å²) in [7, 11) is 0. The van der Waals surface area contributed by atoms with Gasteiger partial charge in [-0.3, -0.25) is 0 Å². The molecule has 0 amide bonds. The summed E-state index contributed by atoms with van der Waals surface area (Å²) >= 11 is 0. The van der Waals surface area contributed by atoms with Gasteiger partial charge in [0, 0.05) is 0 Å². The zero-order chi connectivity index (χ0) is 20.3. The average molecular weight is 388 g/mol. The van der Waals surface area contributed by atoms with Gasteiger partial charge in [0.05, 0.1) is 11.1 Å². The van der Waals surface area contributed by atoms with Gasteiger partial charge in [-0.25, -0.2) is 9.59 Å². The summed E-state index contributed by atoms with van der Waals surface area (Å²) in [6.07, 6.45) is -10.3. The summed E-state index contributed by atoms with van der Waals surface area (Å²) < 4.78 is 10.5. The summed E-state index contributed by atoms with van der Waals surface area (Å²) in [5.74, 6) is -1.69. The van der Waals surface area contributed by atoms with E-state index in [2.05, 4.69) is 0 Å². The van der Waals surface area contributed by atoms with Gasteiger partial charge >= 0.3 is 11.9 Å². The molecular weight excluding hydrogens is 368 g/mol. The van der Waals surface area contributed by atoms with Gasteiger partial charge in [0.1, 0.15) is 24.4 Å². The van der Waals surface area contributed by atoms with Crippen molar-refractivity contribution in [1.82, 2.24) is 0 Å². The standard InChI is InChI=1S/C20H20O8/c21-13-14(22)16(24)18(28-20(26)12-9-5-2-6-10-12)17(15(13)23)27-19(25)11-7-3-1-4-8-11/h1-10,13-18,21-24H/t13-,14+,15-,16-,17+,18+/m0/s1. The maximum absolute atomic E-state index is 12.4. The first-order valence-electron chi connectivity index (χ1n) is 8.64. The molecule has 0 saturated heterocycles. The maximum Gasteiger partial charge on any atom is 0.338 e. The van der Waals surface area contributed by atoms with Crippen molar-refractivity contribution in [2.24, 2.45) is 0 Å². The van der Waals surface area contributed by atoms with E-state index in [0.717, 1.165) is 0 Å². The number of carbonyl (C=O) groups excluding carboxylic acids is 2. The predicted octanol–water partition coefficient (Wildman–Crippen LogP) is -0.105. The number of rotatable bonds is 4. The van der Waals surface area contributed by atoms with Gasteiger partial charge in [0.25, 0.3) is 0 Å². The second kappa shape index (κ2) is 8.49. The molecule has 0 radical (unpaired) electrons. The number of carbonyl (C=O) groups is 2. The van der Waals surface area contributed by atoms with E-state index in [9.17, 15) is 30.0 Å². The molecule has 3 rings (SSSR count). The number of benzene rings is 2. The van der Waals surface area contributed by atoms with Crippen LogP contribution >= 0.6 is 0 Å². The van der Waals surface area contributed by atoms with Crippen LogP contribution in [0.3, 0.4) is 0 Å². The summed E-state index contributed by atoms with van der Waals surface area (Å²) in [4.78, 5) is 24.7. The smallest absolute Gasteiger partial charge is 0.338 e. The second-order valence-corrected chi connectivity index (χ2v) is 6.43. The van der Waals surface area contributed by atoms with E-state index in [1.165, 1.54) is 24.3 Å². The number of aliphatic hydroxyl groups is 4. The topological polar surface area (TPSA) is 134 Å². The number of aliphatic hydroxyl groups excluding tert-OH is 4. The Morgan fingerprint density at radius 1 is 0.571 bits per heavy atom. The van der Waals surface area contributed by atoms with Gasteiger partial charge < -0.3 is 29.9 Å². The second-order valence-electron chi connectivity index (χ2n) is 6.43. The van der Waals surface area contributed by atoms with Crippen molar-refractivity contribution in [3.05, 3.63) is 71.8 Å². The van der Waals surface area contributed by atoms with Crippen LogP contribution in [0.25, 0.3) is 0 Å². The van der Waals surface area contributed by atoms with Crippen LogP contribution in [-0.4, -0.2) is 69.0 Å². The van der Waals surface area contributed by atoms with E-state index in [4.69, 9.17) is 9.47 Å². The molecule has 0 aliphatic heterocycles. The largest absolute Gasteiger partial charge is 0.452 e. The molecule has 0 bridgehead atoms. The lowest BCUT2D eigenvalue weighted by molar-refractivity contribution is -0.223. The predicted molar refractivity (Wildman–Crippen MR) is 95.3 cm³/mol. The third-order valence-corrected chi connectivity index (χ3v) is 4.55.